The third kappa shape index (κ3) is 11.2. The standard InChI is InChI=1S/C35H40N6O4S/c36-33(37)30-19-16-28(17-20-30)24-39-34(42)31(21-18-26-9-3-1-4-10-26)40-35(43)32(15-7-13-27-14-8-22-38-23-27)41-46(44,45)25-29-11-5-2-6-12-29/h1-6,8-12,14,16-17,19-20,22-23,31-32,41H,7,13,15,18,21,24-25H2,(H3,36,37)(H,39,42)(H,40,43). The van der Waals surface area contributed by atoms with Gasteiger partial charge in [0.1, 0.15) is 17.9 Å². The van der Waals surface area contributed by atoms with E-state index in [1.54, 1.807) is 67.0 Å². The number of nitrogen functional groups attached to an aromatic ring is 1. The zero-order valence-electron chi connectivity index (χ0n) is 25.6. The number of amides is 2. The molecular formula is C35H40N6O4S. The number of nitrogens with one attached hydrogen (secondary N) is 4. The van der Waals surface area contributed by atoms with Crippen molar-refractivity contribution in [3.63, 3.8) is 0 Å². The van der Waals surface area contributed by atoms with Crippen molar-refractivity contribution in [1.29, 1.82) is 5.41 Å². The molecule has 2 atom stereocenters. The molecule has 0 bridgehead atoms. The van der Waals surface area contributed by atoms with Gasteiger partial charge in [-0.25, -0.2) is 13.1 Å². The molecule has 0 saturated heterocycles. The van der Waals surface area contributed by atoms with Crippen LogP contribution in [0.25, 0.3) is 0 Å². The largest absolute Gasteiger partial charge is 0.384 e. The Balaban J connectivity index is 1.48. The number of benzene rings is 3. The summed E-state index contributed by atoms with van der Waals surface area (Å²) in [6.07, 6.45) is 5.62. The third-order valence-corrected chi connectivity index (χ3v) is 8.81. The Morgan fingerprint density at radius 2 is 1.39 bits per heavy atom. The second kappa shape index (κ2) is 17.0. The molecule has 10 nitrogen and oxygen atoms in total. The minimum Gasteiger partial charge on any atom is -0.384 e. The van der Waals surface area contributed by atoms with Crippen molar-refractivity contribution in [2.45, 2.75) is 56.5 Å². The van der Waals surface area contributed by atoms with E-state index in [1.807, 2.05) is 42.5 Å². The molecule has 0 fully saturated rings. The number of carbonyl (C=O) groups excluding carboxylic acids is 2. The second-order valence-corrected chi connectivity index (χ2v) is 12.8. The predicted molar refractivity (Wildman–Crippen MR) is 179 cm³/mol. The maximum Gasteiger partial charge on any atom is 0.242 e. The Hall–Kier alpha value is -4.87. The first-order chi connectivity index (χ1) is 22.2. The van der Waals surface area contributed by atoms with E-state index in [4.69, 9.17) is 11.1 Å². The predicted octanol–water partition coefficient (Wildman–Crippen LogP) is 3.61. The van der Waals surface area contributed by atoms with Crippen LogP contribution in [-0.2, 0) is 44.8 Å². The van der Waals surface area contributed by atoms with Crippen molar-refractivity contribution in [3.8, 4) is 0 Å². The molecule has 0 saturated carbocycles. The highest BCUT2D eigenvalue weighted by molar-refractivity contribution is 7.88. The zero-order valence-corrected chi connectivity index (χ0v) is 26.4. The lowest BCUT2D eigenvalue weighted by Gasteiger charge is -2.23. The summed E-state index contributed by atoms with van der Waals surface area (Å²) in [7, 11) is -3.89. The molecule has 0 radical (unpaired) electrons. The zero-order chi connectivity index (χ0) is 32.8. The highest BCUT2D eigenvalue weighted by atomic mass is 32.2. The average molecular weight is 641 g/mol. The van der Waals surface area contributed by atoms with Gasteiger partial charge >= 0.3 is 0 Å². The maximum atomic E-state index is 13.8. The van der Waals surface area contributed by atoms with Crippen LogP contribution < -0.4 is 21.1 Å². The van der Waals surface area contributed by atoms with Crippen LogP contribution >= 0.6 is 0 Å². The lowest BCUT2D eigenvalue weighted by molar-refractivity contribution is -0.130. The Morgan fingerprint density at radius 3 is 2.02 bits per heavy atom. The average Bonchev–Trinajstić information content (AvgIpc) is 3.06. The molecule has 3 aromatic carbocycles. The van der Waals surface area contributed by atoms with Crippen LogP contribution in [0.1, 0.15) is 47.1 Å². The summed E-state index contributed by atoms with van der Waals surface area (Å²) in [4.78, 5) is 31.4. The van der Waals surface area contributed by atoms with Gasteiger partial charge in [-0.3, -0.25) is 20.0 Å². The Kier molecular flexibility index (Phi) is 12.6. The van der Waals surface area contributed by atoms with Crippen molar-refractivity contribution in [2.75, 3.05) is 0 Å². The summed E-state index contributed by atoms with van der Waals surface area (Å²) in [5.41, 5.74) is 9.50. The molecule has 0 aliphatic rings. The smallest absolute Gasteiger partial charge is 0.242 e. The summed E-state index contributed by atoms with van der Waals surface area (Å²) in [5.74, 6) is -1.28. The van der Waals surface area contributed by atoms with Crippen molar-refractivity contribution in [3.05, 3.63) is 137 Å². The maximum absolute atomic E-state index is 13.8. The topological polar surface area (TPSA) is 167 Å². The van der Waals surface area contributed by atoms with Crippen molar-refractivity contribution >= 4 is 27.7 Å². The van der Waals surface area contributed by atoms with Crippen molar-refractivity contribution in [1.82, 2.24) is 20.3 Å². The number of hydrogen-bond donors (Lipinski definition) is 5. The van der Waals surface area contributed by atoms with Crippen LogP contribution in [0.4, 0.5) is 0 Å². The minimum atomic E-state index is -3.89. The first kappa shape index (κ1) is 34.0. The first-order valence-corrected chi connectivity index (χ1v) is 16.8. The van der Waals surface area contributed by atoms with Crippen LogP contribution in [0.15, 0.2) is 109 Å². The molecule has 0 aliphatic carbocycles. The quantitative estimate of drug-likeness (QED) is 0.0873. The summed E-state index contributed by atoms with van der Waals surface area (Å²) in [6.45, 7) is 0.201. The van der Waals surface area contributed by atoms with E-state index >= 15 is 0 Å². The molecule has 0 aliphatic heterocycles. The van der Waals surface area contributed by atoms with Gasteiger partial charge in [0.25, 0.3) is 0 Å². The van der Waals surface area contributed by atoms with E-state index in [2.05, 4.69) is 20.3 Å². The number of pyridine rings is 1. The second-order valence-electron chi connectivity index (χ2n) is 11.1. The van der Waals surface area contributed by atoms with Crippen molar-refractivity contribution < 1.29 is 18.0 Å². The van der Waals surface area contributed by atoms with Crippen molar-refractivity contribution in [2.24, 2.45) is 5.73 Å². The fraction of sp³-hybridized carbons (Fsp3) is 0.257. The van der Waals surface area contributed by atoms with E-state index in [9.17, 15) is 18.0 Å². The number of carbonyl (C=O) groups is 2. The first-order valence-electron chi connectivity index (χ1n) is 15.2. The summed E-state index contributed by atoms with van der Waals surface area (Å²) in [5, 5.41) is 13.3. The summed E-state index contributed by atoms with van der Waals surface area (Å²) in [6, 6.07) is 27.1. The van der Waals surface area contributed by atoms with Gasteiger partial charge < -0.3 is 16.4 Å². The normalized spacial score (nSPS) is 12.5. The monoisotopic (exact) mass is 640 g/mol. The number of amidine groups is 1. The minimum absolute atomic E-state index is 0.0475. The van der Waals surface area contributed by atoms with Crippen LogP contribution in [0.5, 0.6) is 0 Å². The number of rotatable bonds is 17. The molecule has 2 amide bonds. The molecule has 4 aromatic rings. The molecule has 240 valence electrons. The van der Waals surface area contributed by atoms with Crippen LogP contribution in [0.3, 0.4) is 0 Å². The number of aryl methyl sites for hydroxylation is 2. The van der Waals surface area contributed by atoms with Crippen LogP contribution in [0, 0.1) is 5.41 Å². The number of hydrogen-bond acceptors (Lipinski definition) is 6. The van der Waals surface area contributed by atoms with Gasteiger partial charge in [0.15, 0.2) is 0 Å². The SMILES string of the molecule is N=C(N)c1ccc(CNC(=O)C(CCc2ccccc2)NC(=O)C(CCCc2cccnc2)NS(=O)(=O)Cc2ccccc2)cc1. The lowest BCUT2D eigenvalue weighted by Crippen LogP contribution is -2.53. The van der Waals surface area contributed by atoms with E-state index in [0.717, 1.165) is 16.7 Å². The number of aromatic nitrogens is 1. The Bertz CT molecular complexity index is 1670. The van der Waals surface area contributed by atoms with Gasteiger partial charge in [-0.1, -0.05) is 91.0 Å². The molecule has 6 N–H and O–H groups in total. The van der Waals surface area contributed by atoms with E-state index in [0.29, 0.717) is 36.8 Å². The molecule has 11 heteroatoms. The van der Waals surface area contributed by atoms with Gasteiger partial charge in [-0.15, -0.1) is 0 Å². The Labute approximate surface area is 270 Å². The van der Waals surface area contributed by atoms with Gasteiger partial charge in [-0.05, 0) is 60.4 Å². The fourth-order valence-electron chi connectivity index (χ4n) is 4.96. The number of nitrogens with zero attached hydrogens (tertiary/aromatic N) is 1. The molecular weight excluding hydrogens is 600 g/mol. The molecule has 4 rings (SSSR count). The Morgan fingerprint density at radius 1 is 0.739 bits per heavy atom. The van der Waals surface area contributed by atoms with E-state index in [-0.39, 0.29) is 30.5 Å². The number of sulfonamides is 1. The van der Waals surface area contributed by atoms with Crippen LogP contribution in [0.2, 0.25) is 0 Å². The van der Waals surface area contributed by atoms with E-state index in [1.165, 1.54) is 0 Å². The molecule has 1 heterocycles. The summed E-state index contributed by atoms with van der Waals surface area (Å²) < 4.78 is 29.0. The third-order valence-electron chi connectivity index (χ3n) is 7.45. The fourth-order valence-corrected chi connectivity index (χ4v) is 6.34. The number of nitrogens with two attached hydrogens (primary N) is 1. The van der Waals surface area contributed by atoms with Gasteiger partial charge in [0, 0.05) is 24.5 Å². The van der Waals surface area contributed by atoms with Gasteiger partial charge in [0.2, 0.25) is 21.8 Å². The van der Waals surface area contributed by atoms with Crippen LogP contribution in [-0.4, -0.2) is 43.1 Å². The lowest BCUT2D eigenvalue weighted by atomic mass is 10.0. The molecule has 0 spiro atoms. The molecule has 46 heavy (non-hydrogen) atoms. The summed E-state index contributed by atoms with van der Waals surface area (Å²) >= 11 is 0. The highest BCUT2D eigenvalue weighted by Gasteiger charge is 2.28. The van der Waals surface area contributed by atoms with E-state index < -0.39 is 28.0 Å². The van der Waals surface area contributed by atoms with Gasteiger partial charge in [0.05, 0.1) is 5.75 Å². The highest BCUT2D eigenvalue weighted by Crippen LogP contribution is 2.12. The van der Waals surface area contributed by atoms with Gasteiger partial charge in [-0.2, -0.15) is 0 Å². The molecule has 1 aromatic heterocycles. The molecule has 2 unspecified atom stereocenters.